The molecule has 6 nitrogen and oxygen atoms in total. The van der Waals surface area contributed by atoms with E-state index >= 15 is 0 Å². The van der Waals surface area contributed by atoms with E-state index in [0.29, 0.717) is 5.88 Å². The summed E-state index contributed by atoms with van der Waals surface area (Å²) in [4.78, 5) is 9.26. The zero-order valence-corrected chi connectivity index (χ0v) is 14.2. The molecule has 0 N–H and O–H groups in total. The molecule has 4 rings (SSSR count). The zero-order valence-electron chi connectivity index (χ0n) is 14.2. The van der Waals surface area contributed by atoms with E-state index in [1.807, 2.05) is 24.3 Å². The Kier molecular flexibility index (Phi) is 4.43. The molecule has 0 amide bonds. The maximum absolute atomic E-state index is 5.50. The van der Waals surface area contributed by atoms with Crippen molar-refractivity contribution in [2.24, 2.45) is 0 Å². The van der Waals surface area contributed by atoms with Crippen LogP contribution in [0.25, 0.3) is 0 Å². The SMILES string of the molecule is COc1cccc(N2CCN(Cc3ccc4c(c3)OC=CO4)CC2)n1. The fraction of sp³-hybridized carbons (Fsp3) is 0.316. The number of anilines is 1. The summed E-state index contributed by atoms with van der Waals surface area (Å²) < 4.78 is 16.1. The third-order valence-electron chi connectivity index (χ3n) is 4.47. The van der Waals surface area contributed by atoms with Crippen molar-refractivity contribution in [2.75, 3.05) is 38.2 Å². The third-order valence-corrected chi connectivity index (χ3v) is 4.47. The number of rotatable bonds is 4. The summed E-state index contributed by atoms with van der Waals surface area (Å²) in [5, 5.41) is 0. The molecule has 2 aliphatic heterocycles. The molecule has 1 aromatic carbocycles. The number of benzene rings is 1. The molecular weight excluding hydrogens is 318 g/mol. The first-order valence-corrected chi connectivity index (χ1v) is 8.41. The minimum absolute atomic E-state index is 0.658. The topological polar surface area (TPSA) is 47.1 Å². The van der Waals surface area contributed by atoms with Gasteiger partial charge >= 0.3 is 0 Å². The van der Waals surface area contributed by atoms with Crippen LogP contribution in [0, 0.1) is 0 Å². The molecule has 0 bridgehead atoms. The van der Waals surface area contributed by atoms with Crippen molar-refractivity contribution in [1.29, 1.82) is 0 Å². The normalized spacial score (nSPS) is 16.8. The molecule has 1 saturated heterocycles. The summed E-state index contributed by atoms with van der Waals surface area (Å²) in [7, 11) is 1.65. The van der Waals surface area contributed by atoms with Gasteiger partial charge in [0, 0.05) is 38.8 Å². The van der Waals surface area contributed by atoms with Crippen LogP contribution in [0.3, 0.4) is 0 Å². The molecule has 6 heteroatoms. The number of ether oxygens (including phenoxy) is 3. The van der Waals surface area contributed by atoms with Crippen LogP contribution in [0.15, 0.2) is 48.9 Å². The van der Waals surface area contributed by atoms with Gasteiger partial charge in [0.1, 0.15) is 18.3 Å². The number of methoxy groups -OCH3 is 1. The van der Waals surface area contributed by atoms with Crippen LogP contribution >= 0.6 is 0 Å². The predicted octanol–water partition coefficient (Wildman–Crippen LogP) is 2.65. The molecule has 0 radical (unpaired) electrons. The van der Waals surface area contributed by atoms with Crippen LogP contribution in [0.2, 0.25) is 0 Å². The van der Waals surface area contributed by atoms with Crippen LogP contribution in [0.5, 0.6) is 17.4 Å². The average Bonchev–Trinajstić information content (AvgIpc) is 2.68. The number of piperazine rings is 1. The summed E-state index contributed by atoms with van der Waals surface area (Å²) in [5.41, 5.74) is 1.23. The Balaban J connectivity index is 1.36. The van der Waals surface area contributed by atoms with Crippen LogP contribution in [-0.2, 0) is 6.54 Å². The van der Waals surface area contributed by atoms with Crippen LogP contribution in [0.1, 0.15) is 5.56 Å². The molecule has 0 saturated carbocycles. The summed E-state index contributed by atoms with van der Waals surface area (Å²) in [5.74, 6) is 3.18. The lowest BCUT2D eigenvalue weighted by atomic mass is 10.1. The molecule has 0 spiro atoms. The number of pyridine rings is 1. The number of fused-ring (bicyclic) bond motifs is 1. The van der Waals surface area contributed by atoms with Crippen LogP contribution < -0.4 is 19.1 Å². The lowest BCUT2D eigenvalue weighted by Crippen LogP contribution is -2.46. The van der Waals surface area contributed by atoms with Gasteiger partial charge in [0.2, 0.25) is 5.88 Å². The van der Waals surface area contributed by atoms with Gasteiger partial charge in [-0.15, -0.1) is 0 Å². The van der Waals surface area contributed by atoms with E-state index in [9.17, 15) is 0 Å². The zero-order chi connectivity index (χ0) is 17.1. The Hall–Kier alpha value is -2.73. The number of nitrogens with zero attached hydrogens (tertiary/aromatic N) is 3. The van der Waals surface area contributed by atoms with Gasteiger partial charge in [0.15, 0.2) is 11.5 Å². The fourth-order valence-corrected chi connectivity index (χ4v) is 3.13. The van der Waals surface area contributed by atoms with Gasteiger partial charge in [0.25, 0.3) is 0 Å². The molecular formula is C19H21N3O3. The van der Waals surface area contributed by atoms with Crippen LogP contribution in [-0.4, -0.2) is 43.2 Å². The van der Waals surface area contributed by atoms with E-state index in [4.69, 9.17) is 14.2 Å². The lowest BCUT2D eigenvalue weighted by molar-refractivity contribution is 0.248. The first kappa shape index (κ1) is 15.8. The highest BCUT2D eigenvalue weighted by Gasteiger charge is 2.19. The Labute approximate surface area is 147 Å². The monoisotopic (exact) mass is 339 g/mol. The maximum atomic E-state index is 5.50. The predicted molar refractivity (Wildman–Crippen MR) is 95.1 cm³/mol. The molecule has 2 aromatic rings. The highest BCUT2D eigenvalue weighted by atomic mass is 16.5. The molecule has 1 fully saturated rings. The maximum Gasteiger partial charge on any atom is 0.214 e. The molecule has 25 heavy (non-hydrogen) atoms. The second kappa shape index (κ2) is 7.03. The van der Waals surface area contributed by atoms with E-state index in [-0.39, 0.29) is 0 Å². The number of hydrogen-bond donors (Lipinski definition) is 0. The Bertz CT molecular complexity index is 770. The third kappa shape index (κ3) is 3.53. The van der Waals surface area contributed by atoms with Gasteiger partial charge in [-0.25, -0.2) is 0 Å². The number of hydrogen-bond acceptors (Lipinski definition) is 6. The van der Waals surface area contributed by atoms with Crippen molar-refractivity contribution in [3.05, 3.63) is 54.5 Å². The van der Waals surface area contributed by atoms with Crippen molar-refractivity contribution in [3.63, 3.8) is 0 Å². The molecule has 1 aromatic heterocycles. The largest absolute Gasteiger partial charge is 0.481 e. The van der Waals surface area contributed by atoms with E-state index < -0.39 is 0 Å². The number of aromatic nitrogens is 1. The summed E-state index contributed by atoms with van der Waals surface area (Å²) >= 11 is 0. The van der Waals surface area contributed by atoms with Crippen molar-refractivity contribution in [1.82, 2.24) is 9.88 Å². The van der Waals surface area contributed by atoms with Gasteiger partial charge in [-0.3, -0.25) is 4.90 Å². The van der Waals surface area contributed by atoms with Crippen molar-refractivity contribution < 1.29 is 14.2 Å². The first-order valence-electron chi connectivity index (χ1n) is 8.41. The van der Waals surface area contributed by atoms with Gasteiger partial charge < -0.3 is 19.1 Å². The van der Waals surface area contributed by atoms with E-state index in [1.165, 1.54) is 5.56 Å². The van der Waals surface area contributed by atoms with Gasteiger partial charge in [0.05, 0.1) is 7.11 Å². The molecule has 2 aliphatic rings. The molecule has 0 aliphatic carbocycles. The van der Waals surface area contributed by atoms with Gasteiger partial charge in [-0.2, -0.15) is 4.98 Å². The highest BCUT2D eigenvalue weighted by molar-refractivity contribution is 5.45. The molecule has 0 unspecified atom stereocenters. The quantitative estimate of drug-likeness (QED) is 0.853. The Morgan fingerprint density at radius 2 is 1.80 bits per heavy atom. The Morgan fingerprint density at radius 1 is 1.00 bits per heavy atom. The highest BCUT2D eigenvalue weighted by Crippen LogP contribution is 2.31. The second-order valence-corrected chi connectivity index (χ2v) is 6.09. The van der Waals surface area contributed by atoms with Gasteiger partial charge in [-0.1, -0.05) is 12.1 Å². The van der Waals surface area contributed by atoms with Crippen molar-refractivity contribution >= 4 is 5.82 Å². The molecule has 3 heterocycles. The average molecular weight is 339 g/mol. The standard InChI is InChI=1S/C19H21N3O3/c1-23-19-4-2-3-18(20-19)22-9-7-21(8-10-22)14-15-5-6-16-17(13-15)25-12-11-24-16/h2-6,11-13H,7-10,14H2,1H3. The summed E-state index contributed by atoms with van der Waals surface area (Å²) in [6.07, 6.45) is 3.11. The summed E-state index contributed by atoms with van der Waals surface area (Å²) in [6.45, 7) is 4.79. The smallest absolute Gasteiger partial charge is 0.214 e. The van der Waals surface area contributed by atoms with Crippen molar-refractivity contribution in [2.45, 2.75) is 6.54 Å². The lowest BCUT2D eigenvalue weighted by Gasteiger charge is -2.35. The summed E-state index contributed by atoms with van der Waals surface area (Å²) in [6, 6.07) is 12.0. The van der Waals surface area contributed by atoms with Crippen molar-refractivity contribution in [3.8, 4) is 17.4 Å². The fourth-order valence-electron chi connectivity index (χ4n) is 3.13. The molecule has 130 valence electrons. The minimum atomic E-state index is 0.658. The first-order chi connectivity index (χ1) is 12.3. The van der Waals surface area contributed by atoms with E-state index in [1.54, 1.807) is 19.6 Å². The van der Waals surface area contributed by atoms with E-state index in [2.05, 4.69) is 26.9 Å². The second-order valence-electron chi connectivity index (χ2n) is 6.09. The minimum Gasteiger partial charge on any atom is -0.481 e. The Morgan fingerprint density at radius 3 is 2.60 bits per heavy atom. The van der Waals surface area contributed by atoms with Gasteiger partial charge in [-0.05, 0) is 23.8 Å². The molecule has 0 atom stereocenters. The van der Waals surface area contributed by atoms with Crippen LogP contribution in [0.4, 0.5) is 5.82 Å². The van der Waals surface area contributed by atoms with E-state index in [0.717, 1.165) is 50.0 Å².